The summed E-state index contributed by atoms with van der Waals surface area (Å²) >= 11 is 0. The third kappa shape index (κ3) is 5.23. The molecule has 0 unspecified atom stereocenters. The summed E-state index contributed by atoms with van der Waals surface area (Å²) in [5.41, 5.74) is -0.106. The first-order valence-electron chi connectivity index (χ1n) is 9.76. The molecule has 0 aliphatic rings. The topological polar surface area (TPSA) is 95.2 Å². The van der Waals surface area contributed by atoms with E-state index in [1.54, 1.807) is 19.1 Å². The molecule has 0 saturated carbocycles. The van der Waals surface area contributed by atoms with Gasteiger partial charge in [-0.25, -0.2) is 13.2 Å². The Morgan fingerprint density at radius 1 is 1.03 bits per heavy atom. The predicted octanol–water partition coefficient (Wildman–Crippen LogP) is 5.48. The van der Waals surface area contributed by atoms with Crippen LogP contribution in [0.5, 0.6) is 0 Å². The zero-order valence-electron chi connectivity index (χ0n) is 17.3. The molecule has 0 fully saturated rings. The van der Waals surface area contributed by atoms with Crippen molar-refractivity contribution in [3.8, 4) is 17.2 Å². The molecule has 0 amide bonds. The van der Waals surface area contributed by atoms with Gasteiger partial charge in [0.25, 0.3) is 0 Å². The SMILES string of the molecule is CCc1ccc(C(=O)O)cc1S(=O)(=O)Cc1cc(C(F)(F)F)ccc1-c1cccc(C#N)c1. The third-order valence-corrected chi connectivity index (χ3v) is 6.85. The number of hydrogen-bond acceptors (Lipinski definition) is 4. The standard InChI is InChI=1S/C24H18F3NO4S/c1-2-16-6-7-18(23(29)30)12-22(16)33(31,32)14-19-11-20(24(25,26)27)8-9-21(19)17-5-3-4-15(10-17)13-28/h3-12H,2,14H2,1H3,(H,29,30). The maximum Gasteiger partial charge on any atom is 0.416 e. The second-order valence-corrected chi connectivity index (χ2v) is 9.26. The van der Waals surface area contributed by atoms with Crippen molar-refractivity contribution < 1.29 is 31.5 Å². The quantitative estimate of drug-likeness (QED) is 0.512. The largest absolute Gasteiger partial charge is 0.478 e. The van der Waals surface area contributed by atoms with Crippen molar-refractivity contribution in [2.24, 2.45) is 0 Å². The van der Waals surface area contributed by atoms with Gasteiger partial charge in [0.05, 0.1) is 33.4 Å². The number of benzene rings is 3. The first-order valence-corrected chi connectivity index (χ1v) is 11.4. The zero-order chi connectivity index (χ0) is 24.4. The van der Waals surface area contributed by atoms with Crippen LogP contribution in [0.4, 0.5) is 13.2 Å². The van der Waals surface area contributed by atoms with Gasteiger partial charge < -0.3 is 5.11 Å². The van der Waals surface area contributed by atoms with E-state index >= 15 is 0 Å². The van der Waals surface area contributed by atoms with Gasteiger partial charge >= 0.3 is 12.1 Å². The molecular weight excluding hydrogens is 455 g/mol. The van der Waals surface area contributed by atoms with Crippen LogP contribution in [0.2, 0.25) is 0 Å². The van der Waals surface area contributed by atoms with Gasteiger partial charge in [0.2, 0.25) is 0 Å². The lowest BCUT2D eigenvalue weighted by Gasteiger charge is -2.16. The number of aromatic carboxylic acids is 1. The maximum absolute atomic E-state index is 13.4. The summed E-state index contributed by atoms with van der Waals surface area (Å²) in [5, 5.41) is 18.4. The predicted molar refractivity (Wildman–Crippen MR) is 115 cm³/mol. The first-order chi connectivity index (χ1) is 15.5. The van der Waals surface area contributed by atoms with E-state index in [0.29, 0.717) is 11.1 Å². The Kier molecular flexibility index (Phi) is 6.60. The summed E-state index contributed by atoms with van der Waals surface area (Å²) in [6, 6.07) is 14.6. The molecule has 0 aliphatic carbocycles. The number of carbonyl (C=O) groups is 1. The van der Waals surface area contributed by atoms with E-state index in [2.05, 4.69) is 0 Å². The Morgan fingerprint density at radius 2 is 1.76 bits per heavy atom. The second kappa shape index (κ2) is 9.08. The fourth-order valence-electron chi connectivity index (χ4n) is 3.48. The van der Waals surface area contributed by atoms with Crippen LogP contribution < -0.4 is 0 Å². The van der Waals surface area contributed by atoms with Gasteiger partial charge in [0.15, 0.2) is 9.84 Å². The lowest BCUT2D eigenvalue weighted by molar-refractivity contribution is -0.137. The van der Waals surface area contributed by atoms with Gasteiger partial charge in [-0.3, -0.25) is 0 Å². The van der Waals surface area contributed by atoms with Crippen molar-refractivity contribution in [2.45, 2.75) is 30.2 Å². The highest BCUT2D eigenvalue weighted by atomic mass is 32.2. The molecule has 0 bridgehead atoms. The van der Waals surface area contributed by atoms with Crippen molar-refractivity contribution >= 4 is 15.8 Å². The molecule has 1 N–H and O–H groups in total. The number of nitrogens with zero attached hydrogens (tertiary/aromatic N) is 1. The number of aryl methyl sites for hydroxylation is 1. The Morgan fingerprint density at radius 3 is 2.36 bits per heavy atom. The first kappa shape index (κ1) is 24.0. The van der Waals surface area contributed by atoms with E-state index in [1.807, 2.05) is 6.07 Å². The van der Waals surface area contributed by atoms with E-state index in [9.17, 15) is 31.5 Å². The molecule has 0 aromatic heterocycles. The molecule has 9 heteroatoms. The van der Waals surface area contributed by atoms with Crippen molar-refractivity contribution in [3.63, 3.8) is 0 Å². The average Bonchev–Trinajstić information content (AvgIpc) is 2.77. The second-order valence-electron chi connectivity index (χ2n) is 7.30. The van der Waals surface area contributed by atoms with Crippen LogP contribution >= 0.6 is 0 Å². The molecule has 0 spiro atoms. The maximum atomic E-state index is 13.4. The number of nitriles is 1. The van der Waals surface area contributed by atoms with E-state index in [-0.39, 0.29) is 33.6 Å². The van der Waals surface area contributed by atoms with E-state index < -0.39 is 33.3 Å². The van der Waals surface area contributed by atoms with Crippen molar-refractivity contribution in [1.82, 2.24) is 0 Å². The average molecular weight is 473 g/mol. The number of hydrogen-bond donors (Lipinski definition) is 1. The molecule has 3 aromatic carbocycles. The molecule has 33 heavy (non-hydrogen) atoms. The molecular formula is C24H18F3NO4S. The molecule has 3 aromatic rings. The smallest absolute Gasteiger partial charge is 0.416 e. The highest BCUT2D eigenvalue weighted by Crippen LogP contribution is 2.35. The molecule has 5 nitrogen and oxygen atoms in total. The van der Waals surface area contributed by atoms with Crippen molar-refractivity contribution in [1.29, 1.82) is 5.26 Å². The molecule has 0 saturated heterocycles. The number of alkyl halides is 3. The lowest BCUT2D eigenvalue weighted by atomic mass is 9.97. The van der Waals surface area contributed by atoms with Gasteiger partial charge in [-0.2, -0.15) is 18.4 Å². The van der Waals surface area contributed by atoms with E-state index in [0.717, 1.165) is 18.2 Å². The number of sulfone groups is 1. The van der Waals surface area contributed by atoms with Crippen LogP contribution in [-0.2, 0) is 28.2 Å². The van der Waals surface area contributed by atoms with Gasteiger partial charge in [0, 0.05) is 0 Å². The van der Waals surface area contributed by atoms with Gasteiger partial charge in [-0.05, 0) is 65.1 Å². The van der Waals surface area contributed by atoms with Crippen molar-refractivity contribution in [3.05, 3.63) is 88.5 Å². The summed E-state index contributed by atoms with van der Waals surface area (Å²) in [6.07, 6.45) is -4.41. The van der Waals surface area contributed by atoms with Crippen LogP contribution in [-0.4, -0.2) is 19.5 Å². The van der Waals surface area contributed by atoms with Gasteiger partial charge in [0.1, 0.15) is 0 Å². The zero-order valence-corrected chi connectivity index (χ0v) is 18.2. The fraction of sp³-hybridized carbons (Fsp3) is 0.167. The van der Waals surface area contributed by atoms with Crippen molar-refractivity contribution in [2.75, 3.05) is 0 Å². The Labute approximate surface area is 188 Å². The molecule has 170 valence electrons. The molecule has 3 rings (SSSR count). The third-order valence-electron chi connectivity index (χ3n) is 5.11. The fourth-order valence-corrected chi connectivity index (χ4v) is 5.20. The van der Waals surface area contributed by atoms with Gasteiger partial charge in [-0.1, -0.05) is 31.2 Å². The normalized spacial score (nSPS) is 11.7. The Hall–Kier alpha value is -3.64. The lowest BCUT2D eigenvalue weighted by Crippen LogP contribution is -2.12. The monoisotopic (exact) mass is 473 g/mol. The van der Waals surface area contributed by atoms with E-state index in [1.165, 1.54) is 30.3 Å². The summed E-state index contributed by atoms with van der Waals surface area (Å²) in [4.78, 5) is 11.1. The van der Waals surface area contributed by atoms with E-state index in [4.69, 9.17) is 5.26 Å². The number of carboxylic acid groups (broad SMARTS) is 1. The minimum Gasteiger partial charge on any atom is -0.478 e. The number of carboxylic acids is 1. The molecule has 0 aliphatic heterocycles. The summed E-state index contributed by atoms with van der Waals surface area (Å²) in [7, 11) is -4.22. The highest BCUT2D eigenvalue weighted by Gasteiger charge is 2.32. The van der Waals surface area contributed by atoms with Crippen LogP contribution in [0.3, 0.4) is 0 Å². The number of halogens is 3. The van der Waals surface area contributed by atoms with Crippen LogP contribution in [0, 0.1) is 11.3 Å². The Balaban J connectivity index is 2.20. The van der Waals surface area contributed by atoms with Gasteiger partial charge in [-0.15, -0.1) is 0 Å². The van der Waals surface area contributed by atoms with Crippen LogP contribution in [0.25, 0.3) is 11.1 Å². The van der Waals surface area contributed by atoms with Crippen LogP contribution in [0.15, 0.2) is 65.6 Å². The molecule has 0 atom stereocenters. The highest BCUT2D eigenvalue weighted by molar-refractivity contribution is 7.90. The summed E-state index contributed by atoms with van der Waals surface area (Å²) in [6.45, 7) is 1.69. The molecule has 0 heterocycles. The minimum atomic E-state index is -4.69. The summed E-state index contributed by atoms with van der Waals surface area (Å²) in [5.74, 6) is -2.10. The minimum absolute atomic E-state index is 0.109. The van der Waals surface area contributed by atoms with Crippen LogP contribution in [0.1, 0.15) is 39.5 Å². The Bertz CT molecular complexity index is 1370. The molecule has 0 radical (unpaired) electrons. The summed E-state index contributed by atoms with van der Waals surface area (Å²) < 4.78 is 66.7. The number of rotatable bonds is 6.